The molecule has 0 unspecified atom stereocenters. The molecule has 0 spiro atoms. The average molecular weight is 857 g/mol. The number of benzene rings is 5. The van der Waals surface area contributed by atoms with Gasteiger partial charge in [0.15, 0.2) is 0 Å². The number of nitrogens with zero attached hydrogens (tertiary/aromatic N) is 2. The molecule has 5 heteroatoms. The van der Waals surface area contributed by atoms with E-state index in [2.05, 4.69) is 147 Å². The molecule has 0 fully saturated rings. The first-order chi connectivity index (χ1) is 24.2. The molecule has 0 saturated heterocycles. The van der Waals surface area contributed by atoms with Crippen molar-refractivity contribution < 1.29 is 24.5 Å². The maximum absolute atomic E-state index is 6.47. The van der Waals surface area contributed by atoms with Crippen LogP contribution in [0.3, 0.4) is 0 Å². The molecule has 51 heavy (non-hydrogen) atoms. The molecule has 0 bridgehead atoms. The molecule has 3 aromatic heterocycles. The van der Waals surface area contributed by atoms with Crippen LogP contribution < -0.4 is 5.19 Å². The second-order valence-electron chi connectivity index (χ2n) is 13.9. The van der Waals surface area contributed by atoms with E-state index in [4.69, 9.17) is 4.42 Å². The van der Waals surface area contributed by atoms with Crippen LogP contribution in [0.5, 0.6) is 0 Å². The Morgan fingerprint density at radius 2 is 1.31 bits per heavy atom. The summed E-state index contributed by atoms with van der Waals surface area (Å²) in [5.74, 6) is 0.347. The van der Waals surface area contributed by atoms with E-state index >= 15 is 0 Å². The molecule has 0 aliphatic carbocycles. The molecule has 1 radical (unpaired) electrons. The van der Waals surface area contributed by atoms with E-state index in [1.165, 1.54) is 27.4 Å². The number of hydrogen-bond acceptors (Lipinski definition) is 3. The van der Waals surface area contributed by atoms with Crippen LogP contribution in [-0.2, 0) is 20.1 Å². The molecular weight excluding hydrogens is 817 g/mol. The molecular formula is C46H40IrN2OSi-2. The second kappa shape index (κ2) is 15.5. The fourth-order valence-corrected chi connectivity index (χ4v) is 7.19. The zero-order valence-corrected chi connectivity index (χ0v) is 33.0. The zero-order chi connectivity index (χ0) is 34.7. The Balaban J connectivity index is 0.000000222. The fourth-order valence-electron chi connectivity index (χ4n) is 6.15. The van der Waals surface area contributed by atoms with Crippen LogP contribution in [0, 0.1) is 12.1 Å². The third-order valence-corrected chi connectivity index (χ3v) is 11.0. The van der Waals surface area contributed by atoms with Gasteiger partial charge in [0, 0.05) is 32.5 Å². The number of fused-ring (bicyclic) bond motifs is 3. The summed E-state index contributed by atoms with van der Waals surface area (Å²) in [5, 5.41) is 3.61. The summed E-state index contributed by atoms with van der Waals surface area (Å²) in [6, 6.07) is 52.6. The van der Waals surface area contributed by atoms with E-state index < -0.39 is 8.07 Å². The molecule has 8 rings (SSSR count). The number of rotatable bonds is 6. The van der Waals surface area contributed by atoms with Gasteiger partial charge in [-0.3, -0.25) is 0 Å². The largest absolute Gasteiger partial charge is 0.476 e. The average Bonchev–Trinajstić information content (AvgIpc) is 3.53. The van der Waals surface area contributed by atoms with Gasteiger partial charge in [-0.2, -0.15) is 0 Å². The van der Waals surface area contributed by atoms with Crippen molar-refractivity contribution in [1.82, 2.24) is 9.97 Å². The van der Waals surface area contributed by atoms with Crippen molar-refractivity contribution in [1.29, 1.82) is 0 Å². The first-order valence-corrected chi connectivity index (χ1v) is 20.7. The van der Waals surface area contributed by atoms with E-state index in [0.717, 1.165) is 50.0 Å². The molecule has 0 aliphatic rings. The normalized spacial score (nSPS) is 11.3. The molecule has 5 aromatic carbocycles. The van der Waals surface area contributed by atoms with Crippen LogP contribution in [0.25, 0.3) is 66.7 Å². The standard InChI is InChI=1S/C32H24NO.C14H16NSi.Ir/c1-21(2)28-17-26(23-11-7-4-8-12-23)18-29-27-14-13-25(20-31(27)34-32(28)29)30-19-24(15-16-33-30)22-9-5-3-6-10-22;1-16(2,3)13-9-10-14(15-11-13)12-7-5-4-6-8-12;/h3-12,14-21H,1-2H3;4-7,9-11H,1-3H3;/q2*-1;. The SMILES string of the molecule is CC(C)c1cc(-c2ccccc2)cc2c1oc1cc(-c3cc(-c4ccccc4)ccn3)[c-]cc12.C[Si](C)(C)c1ccc(-c2[c-]cccc2)nc1.[Ir]. The van der Waals surface area contributed by atoms with Gasteiger partial charge in [0.1, 0.15) is 5.58 Å². The molecule has 3 nitrogen and oxygen atoms in total. The zero-order valence-electron chi connectivity index (χ0n) is 29.6. The van der Waals surface area contributed by atoms with Gasteiger partial charge in [0.25, 0.3) is 0 Å². The van der Waals surface area contributed by atoms with Crippen LogP contribution in [0.1, 0.15) is 25.3 Å². The van der Waals surface area contributed by atoms with Crippen molar-refractivity contribution in [2.45, 2.75) is 39.4 Å². The van der Waals surface area contributed by atoms with Crippen molar-refractivity contribution in [3.8, 4) is 44.8 Å². The van der Waals surface area contributed by atoms with E-state index in [-0.39, 0.29) is 20.1 Å². The van der Waals surface area contributed by atoms with Gasteiger partial charge >= 0.3 is 0 Å². The molecule has 255 valence electrons. The first kappa shape index (κ1) is 35.9. The third kappa shape index (κ3) is 8.02. The van der Waals surface area contributed by atoms with Crippen molar-refractivity contribution in [2.75, 3.05) is 0 Å². The topological polar surface area (TPSA) is 38.9 Å². The van der Waals surface area contributed by atoms with Gasteiger partial charge in [-0.25, -0.2) is 0 Å². The Bertz CT molecular complexity index is 2360. The number of furan rings is 1. The van der Waals surface area contributed by atoms with Crippen LogP contribution in [0.2, 0.25) is 19.6 Å². The molecule has 0 saturated carbocycles. The fraction of sp³-hybridized carbons (Fsp3) is 0.130. The van der Waals surface area contributed by atoms with Gasteiger partial charge < -0.3 is 14.4 Å². The maximum Gasteiger partial charge on any atom is 0.127 e. The monoisotopic (exact) mass is 857 g/mol. The maximum atomic E-state index is 6.47. The summed E-state index contributed by atoms with van der Waals surface area (Å²) in [7, 11) is -1.23. The quantitative estimate of drug-likeness (QED) is 0.124. The third-order valence-electron chi connectivity index (χ3n) is 9.02. The van der Waals surface area contributed by atoms with Crippen LogP contribution >= 0.6 is 0 Å². The molecule has 0 amide bonds. The van der Waals surface area contributed by atoms with Crippen molar-refractivity contribution in [2.24, 2.45) is 0 Å². The van der Waals surface area contributed by atoms with Crippen LogP contribution in [0.4, 0.5) is 0 Å². The van der Waals surface area contributed by atoms with Gasteiger partial charge in [-0.05, 0) is 67.8 Å². The van der Waals surface area contributed by atoms with E-state index in [0.29, 0.717) is 5.92 Å². The predicted octanol–water partition coefficient (Wildman–Crippen LogP) is 12.0. The molecule has 0 aliphatic heterocycles. The van der Waals surface area contributed by atoms with Crippen molar-refractivity contribution >= 4 is 35.2 Å². The number of hydrogen-bond donors (Lipinski definition) is 0. The Labute approximate surface area is 315 Å². The molecule has 0 N–H and O–H groups in total. The first-order valence-electron chi connectivity index (χ1n) is 17.2. The summed E-state index contributed by atoms with van der Waals surface area (Å²) in [6.45, 7) is 11.4. The van der Waals surface area contributed by atoms with Crippen LogP contribution in [0.15, 0.2) is 150 Å². The van der Waals surface area contributed by atoms with Crippen molar-refractivity contribution in [3.63, 3.8) is 0 Å². The van der Waals surface area contributed by atoms with Gasteiger partial charge in [0.2, 0.25) is 0 Å². The van der Waals surface area contributed by atoms with E-state index in [1.54, 1.807) is 0 Å². The molecule has 8 aromatic rings. The number of pyridine rings is 2. The summed E-state index contributed by atoms with van der Waals surface area (Å²) < 4.78 is 6.47. The second-order valence-corrected chi connectivity index (χ2v) is 19.0. The number of aromatic nitrogens is 2. The molecule has 0 atom stereocenters. The summed E-state index contributed by atoms with van der Waals surface area (Å²) in [4.78, 5) is 9.14. The van der Waals surface area contributed by atoms with Gasteiger partial charge in [-0.1, -0.05) is 130 Å². The molecule has 3 heterocycles. The van der Waals surface area contributed by atoms with Gasteiger partial charge in [-0.15, -0.1) is 53.6 Å². The summed E-state index contributed by atoms with van der Waals surface area (Å²) in [6.07, 6.45) is 3.87. The minimum Gasteiger partial charge on any atom is -0.476 e. The van der Waals surface area contributed by atoms with Gasteiger partial charge in [0.05, 0.1) is 13.7 Å². The minimum absolute atomic E-state index is 0. The van der Waals surface area contributed by atoms with E-state index in [1.807, 2.05) is 54.9 Å². The summed E-state index contributed by atoms with van der Waals surface area (Å²) >= 11 is 0. The Hall–Kier alpha value is -4.93. The van der Waals surface area contributed by atoms with E-state index in [9.17, 15) is 0 Å². The minimum atomic E-state index is -1.23. The Morgan fingerprint density at radius 3 is 1.94 bits per heavy atom. The van der Waals surface area contributed by atoms with Crippen LogP contribution in [-0.4, -0.2) is 18.0 Å². The smallest absolute Gasteiger partial charge is 0.127 e. The van der Waals surface area contributed by atoms with Crippen molar-refractivity contribution in [3.05, 3.63) is 164 Å². The Morgan fingerprint density at radius 1 is 0.608 bits per heavy atom. The predicted molar refractivity (Wildman–Crippen MR) is 212 cm³/mol. The summed E-state index contributed by atoms with van der Waals surface area (Å²) in [5.41, 5.74) is 11.7. The Kier molecular flexibility index (Phi) is 10.9.